The number of hydrogen-bond acceptors (Lipinski definition) is 2. The minimum absolute atomic E-state index is 0.103. The predicted octanol–water partition coefficient (Wildman–Crippen LogP) is 2.37. The summed E-state index contributed by atoms with van der Waals surface area (Å²) in [6, 6.07) is -0.498. The molecule has 0 bridgehead atoms. The number of nitrogens with zero attached hydrogens (tertiary/aromatic N) is 2. The number of carbonyl (C=O) groups is 2. The van der Waals surface area contributed by atoms with Gasteiger partial charge in [0.2, 0.25) is 0 Å². The molecule has 0 aliphatic carbocycles. The van der Waals surface area contributed by atoms with Crippen molar-refractivity contribution in [3.05, 3.63) is 0 Å². The predicted molar refractivity (Wildman–Crippen MR) is 65.4 cm³/mol. The Morgan fingerprint density at radius 2 is 1.92 bits per heavy atom. The van der Waals surface area contributed by atoms with Gasteiger partial charge in [-0.05, 0) is 12.3 Å². The minimum atomic E-state index is -0.273. The van der Waals surface area contributed by atoms with E-state index in [9.17, 15) is 9.59 Å². The fraction of sp³-hybridized carbons (Fsp3) is 0.714. The lowest BCUT2D eigenvalue weighted by Gasteiger charge is -2.15. The highest BCUT2D eigenvalue weighted by Gasteiger charge is 2.43. The highest BCUT2D eigenvalue weighted by atomic mass is 127. The molecule has 1 fully saturated rings. The van der Waals surface area contributed by atoms with Crippen molar-refractivity contribution in [2.75, 3.05) is 0 Å². The Labute approximate surface area is 105 Å². The second kappa shape index (κ2) is 4.28. The molecule has 0 aromatic rings. The van der Waals surface area contributed by atoms with Crippen molar-refractivity contribution in [3.63, 3.8) is 0 Å². The molecule has 0 radical (unpaired) electrons. The van der Waals surface area contributed by atoms with Crippen molar-refractivity contribution >= 4 is 57.7 Å². The summed E-state index contributed by atoms with van der Waals surface area (Å²) in [5.41, 5.74) is 0. The molecule has 74 valence electrons. The van der Waals surface area contributed by atoms with Crippen molar-refractivity contribution in [1.29, 1.82) is 0 Å². The zero-order valence-corrected chi connectivity index (χ0v) is 11.6. The van der Waals surface area contributed by atoms with E-state index in [1.807, 2.05) is 36.7 Å². The summed E-state index contributed by atoms with van der Waals surface area (Å²) < 4.78 is 2.63. The van der Waals surface area contributed by atoms with Crippen LogP contribution < -0.4 is 0 Å². The average Bonchev–Trinajstić information content (AvgIpc) is 2.22. The fourth-order valence-electron chi connectivity index (χ4n) is 1.18. The number of urea groups is 1. The zero-order valence-electron chi connectivity index (χ0n) is 7.33. The van der Waals surface area contributed by atoms with Crippen LogP contribution in [-0.4, -0.2) is 24.2 Å². The van der Waals surface area contributed by atoms with E-state index in [-0.39, 0.29) is 18.0 Å². The molecule has 3 amide bonds. The van der Waals surface area contributed by atoms with Crippen LogP contribution >= 0.6 is 45.7 Å². The third-order valence-electron chi connectivity index (χ3n) is 1.80. The molecule has 1 unspecified atom stereocenters. The Balaban J connectivity index is 2.75. The van der Waals surface area contributed by atoms with E-state index >= 15 is 0 Å². The molecule has 13 heavy (non-hydrogen) atoms. The largest absolute Gasteiger partial charge is 0.345 e. The Morgan fingerprint density at radius 1 is 1.38 bits per heavy atom. The van der Waals surface area contributed by atoms with E-state index in [1.165, 1.54) is 3.11 Å². The minimum Gasteiger partial charge on any atom is -0.271 e. The Morgan fingerprint density at radius 3 is 2.23 bits per heavy atom. The molecular formula is C7H10I2N2O2. The van der Waals surface area contributed by atoms with Gasteiger partial charge in [-0.3, -0.25) is 7.91 Å². The molecular weight excluding hydrogens is 398 g/mol. The van der Waals surface area contributed by atoms with E-state index in [2.05, 4.69) is 0 Å². The van der Waals surface area contributed by atoms with Crippen LogP contribution in [-0.2, 0) is 4.79 Å². The van der Waals surface area contributed by atoms with Crippen LogP contribution in [0.5, 0.6) is 0 Å². The van der Waals surface area contributed by atoms with Gasteiger partial charge < -0.3 is 0 Å². The maximum absolute atomic E-state index is 11.5. The molecule has 1 heterocycles. The molecule has 6 heteroatoms. The molecule has 0 aromatic heterocycles. The van der Waals surface area contributed by atoms with Gasteiger partial charge in [-0.15, -0.1) is 0 Å². The Kier molecular flexibility index (Phi) is 3.78. The fourth-order valence-corrected chi connectivity index (χ4v) is 2.83. The van der Waals surface area contributed by atoms with E-state index < -0.39 is 0 Å². The summed E-state index contributed by atoms with van der Waals surface area (Å²) in [4.78, 5) is 22.8. The summed E-state index contributed by atoms with van der Waals surface area (Å²) in [5.74, 6) is 0.315. The summed E-state index contributed by atoms with van der Waals surface area (Å²) in [6.07, 6.45) is 0.729. The van der Waals surface area contributed by atoms with E-state index in [4.69, 9.17) is 0 Å². The first-order chi connectivity index (χ1) is 5.95. The number of hydrogen-bond donors (Lipinski definition) is 0. The van der Waals surface area contributed by atoms with Crippen molar-refractivity contribution in [1.82, 2.24) is 6.23 Å². The molecule has 0 N–H and O–H groups in total. The van der Waals surface area contributed by atoms with Crippen LogP contribution in [0.15, 0.2) is 0 Å². The summed E-state index contributed by atoms with van der Waals surface area (Å²) >= 11 is 3.65. The number of amides is 3. The van der Waals surface area contributed by atoms with Gasteiger partial charge in [-0.2, -0.15) is 3.11 Å². The van der Waals surface area contributed by atoms with Crippen LogP contribution in [0.4, 0.5) is 4.79 Å². The lowest BCUT2D eigenvalue weighted by Crippen LogP contribution is -2.28. The van der Waals surface area contributed by atoms with Crippen molar-refractivity contribution in [2.24, 2.45) is 5.92 Å². The van der Waals surface area contributed by atoms with Gasteiger partial charge in [0.05, 0.1) is 45.7 Å². The third kappa shape index (κ3) is 2.25. The first kappa shape index (κ1) is 11.5. The number of rotatable bonds is 2. The van der Waals surface area contributed by atoms with Gasteiger partial charge in [0.1, 0.15) is 6.04 Å². The number of imide groups is 1. The molecule has 1 aliphatic heterocycles. The highest BCUT2D eigenvalue weighted by Crippen LogP contribution is 2.28. The SMILES string of the molecule is CC(C)CC1C(=O)N(I)C(=O)N1I. The van der Waals surface area contributed by atoms with Crippen LogP contribution in [0, 0.1) is 5.92 Å². The van der Waals surface area contributed by atoms with Crippen molar-refractivity contribution < 1.29 is 9.59 Å². The van der Waals surface area contributed by atoms with Gasteiger partial charge in [-0.1, -0.05) is 13.8 Å². The van der Waals surface area contributed by atoms with Gasteiger partial charge in [-0.25, -0.2) is 4.79 Å². The first-order valence-corrected chi connectivity index (χ1v) is 5.86. The van der Waals surface area contributed by atoms with Crippen LogP contribution in [0.3, 0.4) is 0 Å². The lowest BCUT2D eigenvalue weighted by atomic mass is 10.0. The normalized spacial score (nSPS) is 23.6. The van der Waals surface area contributed by atoms with Crippen molar-refractivity contribution in [3.8, 4) is 0 Å². The molecule has 0 saturated carbocycles. The maximum Gasteiger partial charge on any atom is 0.345 e. The van der Waals surface area contributed by atoms with Gasteiger partial charge >= 0.3 is 6.03 Å². The van der Waals surface area contributed by atoms with Crippen LogP contribution in [0.25, 0.3) is 0 Å². The van der Waals surface area contributed by atoms with Gasteiger partial charge in [0.15, 0.2) is 0 Å². The van der Waals surface area contributed by atoms with Gasteiger partial charge in [0, 0.05) is 0 Å². The van der Waals surface area contributed by atoms with Gasteiger partial charge in [0.25, 0.3) is 5.91 Å². The molecule has 0 spiro atoms. The van der Waals surface area contributed by atoms with E-state index in [0.717, 1.165) is 9.53 Å². The second-order valence-corrected chi connectivity index (χ2v) is 5.36. The lowest BCUT2D eigenvalue weighted by molar-refractivity contribution is -0.124. The molecule has 1 atom stereocenters. The third-order valence-corrected chi connectivity index (χ3v) is 3.77. The smallest absolute Gasteiger partial charge is 0.271 e. The summed E-state index contributed by atoms with van der Waals surface area (Å²) in [7, 11) is 0. The molecule has 1 aliphatic rings. The topological polar surface area (TPSA) is 40.6 Å². The molecule has 1 rings (SSSR count). The Hall–Kier alpha value is 0.400. The Bertz CT molecular complexity index is 245. The molecule has 4 nitrogen and oxygen atoms in total. The number of halogens is 2. The molecule has 1 saturated heterocycles. The van der Waals surface area contributed by atoms with E-state index in [0.29, 0.717) is 5.92 Å². The monoisotopic (exact) mass is 408 g/mol. The highest BCUT2D eigenvalue weighted by molar-refractivity contribution is 14.1. The second-order valence-electron chi connectivity index (χ2n) is 3.36. The average molecular weight is 408 g/mol. The van der Waals surface area contributed by atoms with E-state index in [1.54, 1.807) is 22.9 Å². The summed E-state index contributed by atoms with van der Waals surface area (Å²) in [5, 5.41) is 0. The zero-order chi connectivity index (χ0) is 10.2. The first-order valence-electron chi connectivity index (χ1n) is 3.94. The summed E-state index contributed by atoms with van der Waals surface area (Å²) in [6.45, 7) is 4.08. The quantitative estimate of drug-likeness (QED) is 0.400. The van der Waals surface area contributed by atoms with Crippen molar-refractivity contribution in [2.45, 2.75) is 26.3 Å². The standard InChI is InChI=1S/C7H10I2N2O2/c1-4(2)3-5-6(12)11(9)7(13)10(5)8/h4-5H,3H2,1-2H3. The maximum atomic E-state index is 11.5. The van der Waals surface area contributed by atoms with Crippen LogP contribution in [0.2, 0.25) is 0 Å². The van der Waals surface area contributed by atoms with Crippen LogP contribution in [0.1, 0.15) is 20.3 Å². The number of carbonyl (C=O) groups excluding carboxylic acids is 2. The molecule has 0 aromatic carbocycles.